The van der Waals surface area contributed by atoms with Crippen molar-refractivity contribution in [3.05, 3.63) is 53.7 Å². The molecule has 0 aliphatic heterocycles. The highest BCUT2D eigenvalue weighted by Gasteiger charge is 1.98. The van der Waals surface area contributed by atoms with Gasteiger partial charge in [-0.15, -0.1) is 0 Å². The molecule has 0 bridgehead atoms. The van der Waals surface area contributed by atoms with Crippen molar-refractivity contribution >= 4 is 6.29 Å². The summed E-state index contributed by atoms with van der Waals surface area (Å²) < 4.78 is 9.76. The molecule has 0 amide bonds. The van der Waals surface area contributed by atoms with Crippen LogP contribution in [0.1, 0.15) is 29.8 Å². The molecule has 114 valence electrons. The summed E-state index contributed by atoms with van der Waals surface area (Å²) in [6.45, 7) is 5.97. The van der Waals surface area contributed by atoms with E-state index in [1.54, 1.807) is 44.7 Å². The van der Waals surface area contributed by atoms with Crippen molar-refractivity contribution in [1.82, 2.24) is 4.98 Å². The van der Waals surface area contributed by atoms with E-state index in [1.807, 2.05) is 32.9 Å². The fourth-order valence-electron chi connectivity index (χ4n) is 1.25. The Kier molecular flexibility index (Phi) is 10.4. The molecule has 1 aromatic heterocycles. The standard InChI is InChI=1S/C13H11NO2.C2H6O.C2H6/c1-10-2-7-13(14-8-10)16-12-5-3-11(9-15)4-6-12;1-3-2;1-2/h2-9H,1H3;1-2H3;1-2H3. The van der Waals surface area contributed by atoms with Gasteiger partial charge in [-0.2, -0.15) is 0 Å². The first-order chi connectivity index (χ1) is 10.2. The number of nitrogens with zero attached hydrogens (tertiary/aromatic N) is 1. The Balaban J connectivity index is 0.000000713. The van der Waals surface area contributed by atoms with Gasteiger partial charge in [-0.25, -0.2) is 4.98 Å². The fraction of sp³-hybridized carbons (Fsp3) is 0.294. The fourth-order valence-corrected chi connectivity index (χ4v) is 1.25. The van der Waals surface area contributed by atoms with Gasteiger partial charge in [0.25, 0.3) is 0 Å². The molecule has 4 nitrogen and oxygen atoms in total. The van der Waals surface area contributed by atoms with Gasteiger partial charge in [0.15, 0.2) is 0 Å². The van der Waals surface area contributed by atoms with Crippen molar-refractivity contribution in [3.8, 4) is 11.6 Å². The minimum absolute atomic E-state index is 0.546. The third-order valence-electron chi connectivity index (χ3n) is 2.12. The molecule has 0 aliphatic rings. The second-order valence-corrected chi connectivity index (χ2v) is 3.87. The molecular formula is C17H23NO3. The van der Waals surface area contributed by atoms with Gasteiger partial charge >= 0.3 is 0 Å². The lowest BCUT2D eigenvalue weighted by molar-refractivity contribution is 0.112. The smallest absolute Gasteiger partial charge is 0.219 e. The number of aromatic nitrogens is 1. The Bertz CT molecular complexity index is 492. The molecule has 4 heteroatoms. The van der Waals surface area contributed by atoms with Gasteiger partial charge in [0, 0.05) is 32.0 Å². The van der Waals surface area contributed by atoms with Crippen molar-refractivity contribution in [3.63, 3.8) is 0 Å². The average molecular weight is 289 g/mol. The number of aryl methyl sites for hydroxylation is 1. The number of hydrogen-bond acceptors (Lipinski definition) is 4. The highest BCUT2D eigenvalue weighted by molar-refractivity contribution is 5.74. The quantitative estimate of drug-likeness (QED) is 0.791. The summed E-state index contributed by atoms with van der Waals surface area (Å²) >= 11 is 0. The number of pyridine rings is 1. The molecule has 0 N–H and O–H groups in total. The summed E-state index contributed by atoms with van der Waals surface area (Å²) in [7, 11) is 3.25. The molecular weight excluding hydrogens is 266 g/mol. The topological polar surface area (TPSA) is 48.4 Å². The van der Waals surface area contributed by atoms with Crippen LogP contribution in [0.25, 0.3) is 0 Å². The summed E-state index contributed by atoms with van der Waals surface area (Å²) in [5.74, 6) is 1.21. The highest BCUT2D eigenvalue weighted by Crippen LogP contribution is 2.19. The zero-order chi connectivity index (χ0) is 16.1. The van der Waals surface area contributed by atoms with E-state index in [2.05, 4.69) is 9.72 Å². The summed E-state index contributed by atoms with van der Waals surface area (Å²) in [6, 6.07) is 10.6. The highest BCUT2D eigenvalue weighted by atomic mass is 16.5. The normalized spacial score (nSPS) is 8.62. The van der Waals surface area contributed by atoms with Crippen LogP contribution in [0.2, 0.25) is 0 Å². The third kappa shape index (κ3) is 7.84. The Labute approximate surface area is 126 Å². The lowest BCUT2D eigenvalue weighted by Gasteiger charge is -2.04. The van der Waals surface area contributed by atoms with Gasteiger partial charge in [0.1, 0.15) is 12.0 Å². The second-order valence-electron chi connectivity index (χ2n) is 3.87. The van der Waals surface area contributed by atoms with Crippen LogP contribution in [0.5, 0.6) is 11.6 Å². The number of hydrogen-bond donors (Lipinski definition) is 0. The molecule has 1 aromatic carbocycles. The first-order valence-electron chi connectivity index (χ1n) is 6.75. The van der Waals surface area contributed by atoms with Gasteiger partial charge in [-0.1, -0.05) is 19.9 Å². The molecule has 2 aromatic rings. The maximum atomic E-state index is 10.5. The van der Waals surface area contributed by atoms with Gasteiger partial charge in [0.2, 0.25) is 5.88 Å². The van der Waals surface area contributed by atoms with E-state index < -0.39 is 0 Å². The first-order valence-corrected chi connectivity index (χ1v) is 6.75. The monoisotopic (exact) mass is 289 g/mol. The maximum absolute atomic E-state index is 10.5. The summed E-state index contributed by atoms with van der Waals surface area (Å²) in [5, 5.41) is 0. The predicted molar refractivity (Wildman–Crippen MR) is 85.2 cm³/mol. The van der Waals surface area contributed by atoms with Crippen molar-refractivity contribution in [2.24, 2.45) is 0 Å². The molecule has 1 heterocycles. The molecule has 0 saturated heterocycles. The van der Waals surface area contributed by atoms with Crippen LogP contribution in [0.3, 0.4) is 0 Å². The van der Waals surface area contributed by atoms with Crippen molar-refractivity contribution in [2.75, 3.05) is 14.2 Å². The van der Waals surface area contributed by atoms with Crippen LogP contribution in [0.15, 0.2) is 42.6 Å². The van der Waals surface area contributed by atoms with Crippen LogP contribution in [-0.2, 0) is 4.74 Å². The number of carbonyl (C=O) groups is 1. The minimum Gasteiger partial charge on any atom is -0.439 e. The van der Waals surface area contributed by atoms with E-state index in [1.165, 1.54) is 0 Å². The number of rotatable bonds is 3. The number of carbonyl (C=O) groups excluding carboxylic acids is 1. The lowest BCUT2D eigenvalue weighted by Crippen LogP contribution is -1.88. The van der Waals surface area contributed by atoms with E-state index in [0.717, 1.165) is 11.8 Å². The van der Waals surface area contributed by atoms with E-state index in [9.17, 15) is 4.79 Å². The predicted octanol–water partition coefficient (Wildman–Crippen LogP) is 4.28. The largest absolute Gasteiger partial charge is 0.439 e. The molecule has 0 aliphatic carbocycles. The van der Waals surface area contributed by atoms with Crippen LogP contribution in [0, 0.1) is 6.92 Å². The van der Waals surface area contributed by atoms with Crippen molar-refractivity contribution in [2.45, 2.75) is 20.8 Å². The molecule has 0 fully saturated rings. The first kappa shape index (κ1) is 18.8. The van der Waals surface area contributed by atoms with Crippen LogP contribution >= 0.6 is 0 Å². The second kappa shape index (κ2) is 11.6. The van der Waals surface area contributed by atoms with Crippen LogP contribution in [-0.4, -0.2) is 25.5 Å². The SMILES string of the molecule is CC.COC.Cc1ccc(Oc2ccc(C=O)cc2)nc1. The van der Waals surface area contributed by atoms with Crippen molar-refractivity contribution < 1.29 is 14.3 Å². The lowest BCUT2D eigenvalue weighted by atomic mass is 10.2. The summed E-state index contributed by atoms with van der Waals surface area (Å²) in [5.41, 5.74) is 1.72. The molecule has 21 heavy (non-hydrogen) atoms. The van der Waals surface area contributed by atoms with Gasteiger partial charge in [-0.3, -0.25) is 4.79 Å². The van der Waals surface area contributed by atoms with Crippen LogP contribution in [0.4, 0.5) is 0 Å². The summed E-state index contributed by atoms with van der Waals surface area (Å²) in [6.07, 6.45) is 2.54. The molecule has 0 spiro atoms. The maximum Gasteiger partial charge on any atom is 0.219 e. The molecule has 0 unspecified atom stereocenters. The van der Waals surface area contributed by atoms with E-state index in [4.69, 9.17) is 4.74 Å². The number of benzene rings is 1. The Morgan fingerprint density at radius 1 is 1.00 bits per heavy atom. The number of methoxy groups -OCH3 is 1. The van der Waals surface area contributed by atoms with E-state index >= 15 is 0 Å². The molecule has 0 atom stereocenters. The van der Waals surface area contributed by atoms with E-state index in [0.29, 0.717) is 17.2 Å². The molecule has 2 rings (SSSR count). The van der Waals surface area contributed by atoms with Crippen molar-refractivity contribution in [1.29, 1.82) is 0 Å². The van der Waals surface area contributed by atoms with Crippen LogP contribution < -0.4 is 4.74 Å². The Hall–Kier alpha value is -2.20. The van der Waals surface area contributed by atoms with Gasteiger partial charge < -0.3 is 9.47 Å². The van der Waals surface area contributed by atoms with Gasteiger partial charge in [-0.05, 0) is 36.8 Å². The molecule has 0 radical (unpaired) electrons. The van der Waals surface area contributed by atoms with E-state index in [-0.39, 0.29) is 0 Å². The average Bonchev–Trinajstić information content (AvgIpc) is 2.53. The zero-order valence-electron chi connectivity index (χ0n) is 13.3. The third-order valence-corrected chi connectivity index (χ3v) is 2.12. The minimum atomic E-state index is 0.546. The Morgan fingerprint density at radius 3 is 2.00 bits per heavy atom. The number of ether oxygens (including phenoxy) is 2. The van der Waals surface area contributed by atoms with Gasteiger partial charge in [0.05, 0.1) is 0 Å². The number of aldehydes is 1. The molecule has 0 saturated carbocycles. The summed E-state index contributed by atoms with van der Waals surface area (Å²) in [4.78, 5) is 14.6. The Morgan fingerprint density at radius 2 is 1.57 bits per heavy atom. The zero-order valence-corrected chi connectivity index (χ0v) is 13.3.